The highest BCUT2D eigenvalue weighted by atomic mass is 35.5. The third-order valence-corrected chi connectivity index (χ3v) is 5.41. The van der Waals surface area contributed by atoms with E-state index >= 15 is 0 Å². The van der Waals surface area contributed by atoms with Crippen molar-refractivity contribution in [1.29, 1.82) is 0 Å². The van der Waals surface area contributed by atoms with Crippen molar-refractivity contribution in [2.45, 2.75) is 50.7 Å². The molecular weight excluding hydrogens is 302 g/mol. The van der Waals surface area contributed by atoms with Crippen molar-refractivity contribution in [3.05, 3.63) is 0 Å². The van der Waals surface area contributed by atoms with Gasteiger partial charge in [-0.15, -0.1) is 12.4 Å². The van der Waals surface area contributed by atoms with Crippen molar-refractivity contribution in [1.82, 2.24) is 9.80 Å². The summed E-state index contributed by atoms with van der Waals surface area (Å²) in [6, 6.07) is 0.520. The van der Waals surface area contributed by atoms with Crippen LogP contribution < -0.4 is 5.73 Å². The van der Waals surface area contributed by atoms with Crippen LogP contribution in [0.1, 0.15) is 38.5 Å². The van der Waals surface area contributed by atoms with Gasteiger partial charge in [0.25, 0.3) is 0 Å². The molecule has 2 heterocycles. The van der Waals surface area contributed by atoms with Crippen LogP contribution in [0.25, 0.3) is 0 Å². The molecule has 1 saturated carbocycles. The van der Waals surface area contributed by atoms with Gasteiger partial charge in [0.1, 0.15) is 0 Å². The van der Waals surface area contributed by atoms with Gasteiger partial charge in [-0.1, -0.05) is 12.8 Å². The number of carbonyl (C=O) groups excluding carboxylic acids is 1. The van der Waals surface area contributed by atoms with Gasteiger partial charge >= 0.3 is 0 Å². The minimum Gasteiger partial charge on any atom is -0.374 e. The van der Waals surface area contributed by atoms with Crippen LogP contribution in [-0.2, 0) is 9.53 Å². The number of likely N-dealkylation sites (tertiary alicyclic amines) is 1. The minimum atomic E-state index is 0. The highest BCUT2D eigenvalue weighted by Crippen LogP contribution is 2.35. The number of morpholine rings is 1. The predicted octanol–water partition coefficient (Wildman–Crippen LogP) is 1.25. The van der Waals surface area contributed by atoms with Gasteiger partial charge in [0, 0.05) is 32.2 Å². The molecule has 0 spiro atoms. The normalized spacial score (nSPS) is 33.0. The second-order valence-corrected chi connectivity index (χ2v) is 6.80. The van der Waals surface area contributed by atoms with Crippen LogP contribution in [-0.4, -0.2) is 67.2 Å². The maximum Gasteiger partial charge on any atom is 0.237 e. The molecule has 3 fully saturated rings. The first-order valence-corrected chi connectivity index (χ1v) is 8.61. The molecule has 3 unspecified atom stereocenters. The molecular formula is C16H30ClN3O2. The lowest BCUT2D eigenvalue weighted by atomic mass is 9.78. The Morgan fingerprint density at radius 2 is 1.91 bits per heavy atom. The Morgan fingerprint density at radius 1 is 1.14 bits per heavy atom. The number of amides is 1. The van der Waals surface area contributed by atoms with E-state index in [4.69, 9.17) is 10.5 Å². The van der Waals surface area contributed by atoms with E-state index in [0.29, 0.717) is 31.6 Å². The molecule has 0 aromatic heterocycles. The van der Waals surface area contributed by atoms with E-state index in [1.54, 1.807) is 0 Å². The van der Waals surface area contributed by atoms with Crippen molar-refractivity contribution in [3.63, 3.8) is 0 Å². The average Bonchev–Trinajstić information content (AvgIpc) is 2.54. The number of hydrogen-bond donors (Lipinski definition) is 1. The molecule has 5 nitrogen and oxygen atoms in total. The Hall–Kier alpha value is -0.360. The fourth-order valence-corrected chi connectivity index (χ4v) is 4.28. The van der Waals surface area contributed by atoms with E-state index in [1.165, 1.54) is 38.5 Å². The Morgan fingerprint density at radius 3 is 2.73 bits per heavy atom. The summed E-state index contributed by atoms with van der Waals surface area (Å²) >= 11 is 0. The smallest absolute Gasteiger partial charge is 0.237 e. The highest BCUT2D eigenvalue weighted by Gasteiger charge is 2.36. The van der Waals surface area contributed by atoms with Crippen molar-refractivity contribution in [3.8, 4) is 0 Å². The Labute approximate surface area is 139 Å². The van der Waals surface area contributed by atoms with Crippen LogP contribution in [0, 0.1) is 5.92 Å². The fraction of sp³-hybridized carbons (Fsp3) is 0.938. The van der Waals surface area contributed by atoms with Gasteiger partial charge in [-0.25, -0.2) is 0 Å². The number of nitrogens with two attached hydrogens (primary N) is 1. The number of piperidine rings is 1. The fourth-order valence-electron chi connectivity index (χ4n) is 4.28. The van der Waals surface area contributed by atoms with Gasteiger partial charge < -0.3 is 15.4 Å². The summed E-state index contributed by atoms with van der Waals surface area (Å²) in [5, 5.41) is 0. The summed E-state index contributed by atoms with van der Waals surface area (Å²) in [4.78, 5) is 17.1. The topological polar surface area (TPSA) is 58.8 Å². The summed E-state index contributed by atoms with van der Waals surface area (Å²) in [5.74, 6) is 1.09. The quantitative estimate of drug-likeness (QED) is 0.845. The molecule has 0 aromatic carbocycles. The molecule has 128 valence electrons. The molecule has 1 aliphatic carbocycles. The van der Waals surface area contributed by atoms with Gasteiger partial charge in [-0.3, -0.25) is 9.69 Å². The van der Waals surface area contributed by atoms with Gasteiger partial charge in [0.05, 0.1) is 19.3 Å². The van der Waals surface area contributed by atoms with Crippen LogP contribution >= 0.6 is 12.4 Å². The minimum absolute atomic E-state index is 0. The standard InChI is InChI=1S/C16H29N3O2.ClH/c17-10-14-11-18(8-9-21-14)12-16(20)19-7-3-5-13-4-1-2-6-15(13)19;/h13-15H,1-12,17H2;1H. The number of nitrogens with zero attached hydrogens (tertiary/aromatic N) is 2. The van der Waals surface area contributed by atoms with Crippen LogP contribution in [0.2, 0.25) is 0 Å². The molecule has 2 N–H and O–H groups in total. The third-order valence-electron chi connectivity index (χ3n) is 5.41. The molecule has 6 heteroatoms. The number of ether oxygens (including phenoxy) is 1. The Bertz CT molecular complexity index is 367. The van der Waals surface area contributed by atoms with Crippen LogP contribution in [0.3, 0.4) is 0 Å². The first-order valence-electron chi connectivity index (χ1n) is 8.61. The molecule has 1 amide bonds. The summed E-state index contributed by atoms with van der Waals surface area (Å²) in [5.41, 5.74) is 5.68. The average molecular weight is 332 g/mol. The lowest BCUT2D eigenvalue weighted by Crippen LogP contribution is -2.54. The molecule has 0 radical (unpaired) electrons. The van der Waals surface area contributed by atoms with Gasteiger partial charge in [0.2, 0.25) is 5.91 Å². The van der Waals surface area contributed by atoms with Crippen molar-refractivity contribution >= 4 is 18.3 Å². The molecule has 22 heavy (non-hydrogen) atoms. The van der Waals surface area contributed by atoms with Crippen molar-refractivity contribution in [2.75, 3.05) is 39.3 Å². The third kappa shape index (κ3) is 4.13. The van der Waals surface area contributed by atoms with Crippen molar-refractivity contribution in [2.24, 2.45) is 11.7 Å². The molecule has 2 saturated heterocycles. The maximum atomic E-state index is 12.7. The van der Waals surface area contributed by atoms with E-state index < -0.39 is 0 Å². The Kier molecular flexibility index (Phi) is 6.93. The van der Waals surface area contributed by atoms with E-state index in [-0.39, 0.29) is 18.5 Å². The largest absolute Gasteiger partial charge is 0.374 e. The Balaban J connectivity index is 0.00000176. The molecule has 3 rings (SSSR count). The maximum absolute atomic E-state index is 12.7. The number of carbonyl (C=O) groups is 1. The second-order valence-electron chi connectivity index (χ2n) is 6.80. The summed E-state index contributed by atoms with van der Waals surface area (Å²) in [6.45, 7) is 4.39. The summed E-state index contributed by atoms with van der Waals surface area (Å²) in [7, 11) is 0. The number of fused-ring (bicyclic) bond motifs is 1. The van der Waals surface area contributed by atoms with E-state index in [1.807, 2.05) is 0 Å². The van der Waals surface area contributed by atoms with Crippen LogP contribution in [0.4, 0.5) is 0 Å². The van der Waals surface area contributed by atoms with Crippen LogP contribution in [0.5, 0.6) is 0 Å². The monoisotopic (exact) mass is 331 g/mol. The zero-order valence-electron chi connectivity index (χ0n) is 13.4. The summed E-state index contributed by atoms with van der Waals surface area (Å²) in [6.07, 6.45) is 7.77. The molecule has 0 bridgehead atoms. The zero-order chi connectivity index (χ0) is 14.7. The molecule has 0 aromatic rings. The first-order chi connectivity index (χ1) is 10.3. The van der Waals surface area contributed by atoms with E-state index in [0.717, 1.165) is 25.6 Å². The molecule has 3 atom stereocenters. The van der Waals surface area contributed by atoms with E-state index in [2.05, 4.69) is 9.80 Å². The van der Waals surface area contributed by atoms with E-state index in [9.17, 15) is 4.79 Å². The molecule has 3 aliphatic rings. The van der Waals surface area contributed by atoms with Gasteiger partial charge in [0.15, 0.2) is 0 Å². The highest BCUT2D eigenvalue weighted by molar-refractivity contribution is 5.85. The lowest BCUT2D eigenvalue weighted by Gasteiger charge is -2.45. The first kappa shape index (κ1) is 18.0. The summed E-state index contributed by atoms with van der Waals surface area (Å²) < 4.78 is 5.58. The van der Waals surface area contributed by atoms with Gasteiger partial charge in [-0.2, -0.15) is 0 Å². The predicted molar refractivity (Wildman–Crippen MR) is 89.2 cm³/mol. The van der Waals surface area contributed by atoms with Crippen molar-refractivity contribution < 1.29 is 9.53 Å². The number of hydrogen-bond acceptors (Lipinski definition) is 4. The molecule has 2 aliphatic heterocycles. The zero-order valence-corrected chi connectivity index (χ0v) is 14.2. The number of rotatable bonds is 3. The lowest BCUT2D eigenvalue weighted by molar-refractivity contribution is -0.140. The number of halogens is 1. The second kappa shape index (κ2) is 8.48. The SMILES string of the molecule is Cl.NCC1CN(CC(=O)N2CCCC3CCCCC32)CCO1. The van der Waals surface area contributed by atoms with Crippen LogP contribution in [0.15, 0.2) is 0 Å². The van der Waals surface area contributed by atoms with Gasteiger partial charge in [-0.05, 0) is 31.6 Å².